The summed E-state index contributed by atoms with van der Waals surface area (Å²) in [6.07, 6.45) is -8.68. The number of carbonyl (C=O) groups excluding carboxylic acids is 1. The number of benzene rings is 2. The molecule has 156 valence electrons. The smallest absolute Gasteiger partial charge is 0.417 e. The van der Waals surface area contributed by atoms with Crippen molar-refractivity contribution >= 4 is 12.2 Å². The second kappa shape index (κ2) is 9.49. The standard InChI is InChI=1S/C20H17F6NO2/c21-19(22,23)16-10-6-11-17(20(24,25)26)15(16)9-4-5-12-27-18(28)29-13-14-7-2-1-3-8-14/h1-4,6-11H,5,12-13H2,(H,27,28). The van der Waals surface area contributed by atoms with Crippen molar-refractivity contribution in [2.45, 2.75) is 25.4 Å². The van der Waals surface area contributed by atoms with Crippen LogP contribution in [0.1, 0.15) is 28.7 Å². The van der Waals surface area contributed by atoms with Gasteiger partial charge in [0.2, 0.25) is 0 Å². The van der Waals surface area contributed by atoms with Crippen LogP contribution in [0.2, 0.25) is 0 Å². The van der Waals surface area contributed by atoms with Crippen LogP contribution in [0.4, 0.5) is 31.1 Å². The fraction of sp³-hybridized carbons (Fsp3) is 0.250. The number of rotatable bonds is 6. The van der Waals surface area contributed by atoms with Crippen LogP contribution in [-0.2, 0) is 23.7 Å². The summed E-state index contributed by atoms with van der Waals surface area (Å²) in [4.78, 5) is 11.6. The van der Waals surface area contributed by atoms with Crippen molar-refractivity contribution in [3.63, 3.8) is 0 Å². The first kappa shape index (κ1) is 22.3. The number of alkyl halides is 6. The maximum absolute atomic E-state index is 13.0. The Morgan fingerprint density at radius 2 is 1.48 bits per heavy atom. The molecule has 2 rings (SSSR count). The molecule has 1 amide bonds. The van der Waals surface area contributed by atoms with Crippen LogP contribution in [0.3, 0.4) is 0 Å². The molecule has 0 unspecified atom stereocenters. The van der Waals surface area contributed by atoms with E-state index in [1.165, 1.54) is 0 Å². The highest BCUT2D eigenvalue weighted by Gasteiger charge is 2.39. The molecule has 0 aliphatic heterocycles. The topological polar surface area (TPSA) is 38.3 Å². The quantitative estimate of drug-likeness (QED) is 0.459. The van der Waals surface area contributed by atoms with Crippen LogP contribution in [0.15, 0.2) is 54.6 Å². The Balaban J connectivity index is 1.95. The number of alkyl carbamates (subject to hydrolysis) is 1. The van der Waals surface area contributed by atoms with E-state index in [1.807, 2.05) is 0 Å². The van der Waals surface area contributed by atoms with Crippen LogP contribution < -0.4 is 5.32 Å². The Labute approximate surface area is 163 Å². The molecule has 3 nitrogen and oxygen atoms in total. The maximum atomic E-state index is 13.0. The number of nitrogens with one attached hydrogen (secondary N) is 1. The third kappa shape index (κ3) is 6.85. The molecule has 29 heavy (non-hydrogen) atoms. The summed E-state index contributed by atoms with van der Waals surface area (Å²) in [6, 6.07) is 10.8. The molecule has 0 aliphatic carbocycles. The van der Waals surface area contributed by atoms with Gasteiger partial charge >= 0.3 is 18.4 Å². The molecule has 0 heterocycles. The highest BCUT2D eigenvalue weighted by atomic mass is 19.4. The number of amides is 1. The fourth-order valence-electron chi connectivity index (χ4n) is 2.47. The van der Waals surface area contributed by atoms with E-state index in [0.29, 0.717) is 18.2 Å². The Morgan fingerprint density at radius 3 is 2.03 bits per heavy atom. The number of halogens is 6. The van der Waals surface area contributed by atoms with Crippen LogP contribution in [-0.4, -0.2) is 12.6 Å². The normalized spacial score (nSPS) is 12.2. The molecule has 9 heteroatoms. The van der Waals surface area contributed by atoms with Crippen molar-refractivity contribution in [2.75, 3.05) is 6.54 Å². The highest BCUT2D eigenvalue weighted by molar-refractivity contribution is 5.67. The second-order valence-corrected chi connectivity index (χ2v) is 5.94. The average molecular weight is 417 g/mol. The van der Waals surface area contributed by atoms with Gasteiger partial charge in [0, 0.05) is 6.54 Å². The summed E-state index contributed by atoms with van der Waals surface area (Å²) in [5.41, 5.74) is -2.94. The van der Waals surface area contributed by atoms with Crippen molar-refractivity contribution in [1.82, 2.24) is 5.32 Å². The van der Waals surface area contributed by atoms with Crippen LogP contribution >= 0.6 is 0 Å². The molecule has 0 saturated carbocycles. The van der Waals surface area contributed by atoms with Crippen molar-refractivity contribution in [2.24, 2.45) is 0 Å². The highest BCUT2D eigenvalue weighted by Crippen LogP contribution is 2.39. The van der Waals surface area contributed by atoms with E-state index < -0.39 is 35.1 Å². The molecule has 0 atom stereocenters. The minimum Gasteiger partial charge on any atom is -0.445 e. The number of ether oxygens (including phenoxy) is 1. The van der Waals surface area contributed by atoms with E-state index in [-0.39, 0.29) is 19.6 Å². The molecule has 0 aromatic heterocycles. The molecular formula is C20H17F6NO2. The van der Waals surface area contributed by atoms with Crippen LogP contribution in [0, 0.1) is 0 Å². The van der Waals surface area contributed by atoms with Crippen LogP contribution in [0.25, 0.3) is 6.08 Å². The third-order valence-electron chi connectivity index (χ3n) is 3.79. The first-order chi connectivity index (χ1) is 13.6. The molecule has 0 radical (unpaired) electrons. The lowest BCUT2D eigenvalue weighted by molar-refractivity contribution is -0.143. The monoisotopic (exact) mass is 417 g/mol. The van der Waals surface area contributed by atoms with Gasteiger partial charge < -0.3 is 10.1 Å². The first-order valence-corrected chi connectivity index (χ1v) is 8.47. The zero-order valence-corrected chi connectivity index (χ0v) is 15.0. The third-order valence-corrected chi connectivity index (χ3v) is 3.79. The molecular weight excluding hydrogens is 400 g/mol. The van der Waals surface area contributed by atoms with Gasteiger partial charge in [0.15, 0.2) is 0 Å². The van der Waals surface area contributed by atoms with E-state index >= 15 is 0 Å². The second-order valence-electron chi connectivity index (χ2n) is 5.94. The van der Waals surface area contributed by atoms with Gasteiger partial charge in [0.05, 0.1) is 11.1 Å². The van der Waals surface area contributed by atoms with Crippen LogP contribution in [0.5, 0.6) is 0 Å². The average Bonchev–Trinajstić information content (AvgIpc) is 2.65. The number of hydrogen-bond acceptors (Lipinski definition) is 2. The van der Waals surface area contributed by atoms with Crippen molar-refractivity contribution < 1.29 is 35.9 Å². The van der Waals surface area contributed by atoms with Gasteiger partial charge in [-0.25, -0.2) is 4.79 Å². The van der Waals surface area contributed by atoms with Gasteiger partial charge in [0.25, 0.3) is 0 Å². The van der Waals surface area contributed by atoms with E-state index in [9.17, 15) is 31.1 Å². The van der Waals surface area contributed by atoms with Gasteiger partial charge in [-0.3, -0.25) is 0 Å². The maximum Gasteiger partial charge on any atom is 0.417 e. The van der Waals surface area contributed by atoms with E-state index in [1.54, 1.807) is 30.3 Å². The van der Waals surface area contributed by atoms with Gasteiger partial charge in [-0.1, -0.05) is 48.6 Å². The van der Waals surface area contributed by atoms with E-state index in [2.05, 4.69) is 5.32 Å². The van der Waals surface area contributed by atoms with Gasteiger partial charge in [0.1, 0.15) is 6.61 Å². The van der Waals surface area contributed by atoms with Gasteiger partial charge in [-0.2, -0.15) is 26.3 Å². The first-order valence-electron chi connectivity index (χ1n) is 8.47. The summed E-state index contributed by atoms with van der Waals surface area (Å²) < 4.78 is 83.2. The molecule has 0 aliphatic rings. The van der Waals surface area contributed by atoms with E-state index in [0.717, 1.165) is 17.7 Å². The molecule has 0 fully saturated rings. The fourth-order valence-corrected chi connectivity index (χ4v) is 2.47. The Hall–Kier alpha value is -2.97. The minimum atomic E-state index is -4.93. The lowest BCUT2D eigenvalue weighted by atomic mass is 9.99. The minimum absolute atomic E-state index is 0.0142. The summed E-state index contributed by atoms with van der Waals surface area (Å²) in [5.74, 6) is 0. The zero-order chi connectivity index (χ0) is 21.5. The summed E-state index contributed by atoms with van der Waals surface area (Å²) in [5, 5.41) is 2.37. The molecule has 1 N–H and O–H groups in total. The largest absolute Gasteiger partial charge is 0.445 e. The predicted molar refractivity (Wildman–Crippen MR) is 94.7 cm³/mol. The Kier molecular flexibility index (Phi) is 7.30. The molecule has 0 bridgehead atoms. The summed E-state index contributed by atoms with van der Waals surface area (Å²) >= 11 is 0. The van der Waals surface area contributed by atoms with Crippen molar-refractivity contribution in [3.8, 4) is 0 Å². The predicted octanol–water partition coefficient (Wildman–Crippen LogP) is 6.05. The van der Waals surface area contributed by atoms with Gasteiger partial charge in [-0.15, -0.1) is 0 Å². The zero-order valence-electron chi connectivity index (χ0n) is 15.0. The summed E-state index contributed by atoms with van der Waals surface area (Å²) in [6.45, 7) is 0.0239. The lowest BCUT2D eigenvalue weighted by Gasteiger charge is -2.16. The molecule has 2 aromatic carbocycles. The molecule has 0 saturated heterocycles. The Bertz CT molecular complexity index is 812. The summed E-state index contributed by atoms with van der Waals surface area (Å²) in [7, 11) is 0. The number of hydrogen-bond donors (Lipinski definition) is 1. The van der Waals surface area contributed by atoms with E-state index in [4.69, 9.17) is 4.74 Å². The Morgan fingerprint density at radius 1 is 0.897 bits per heavy atom. The molecule has 0 spiro atoms. The van der Waals surface area contributed by atoms with Gasteiger partial charge in [-0.05, 0) is 29.7 Å². The van der Waals surface area contributed by atoms with Crippen molar-refractivity contribution in [3.05, 3.63) is 76.9 Å². The number of carbonyl (C=O) groups is 1. The molecule has 2 aromatic rings. The van der Waals surface area contributed by atoms with Crippen molar-refractivity contribution in [1.29, 1.82) is 0 Å². The lowest BCUT2D eigenvalue weighted by Crippen LogP contribution is -2.24. The SMILES string of the molecule is O=C(NCCC=Cc1c(C(F)(F)F)cccc1C(F)(F)F)OCc1ccccc1.